The van der Waals surface area contributed by atoms with Crippen molar-refractivity contribution in [2.75, 3.05) is 20.6 Å². The van der Waals surface area contributed by atoms with Crippen molar-refractivity contribution >= 4 is 5.96 Å². The molecule has 0 aliphatic heterocycles. The summed E-state index contributed by atoms with van der Waals surface area (Å²) in [5, 5.41) is 3.42. The fraction of sp³-hybridized carbons (Fsp3) is 0.938. The summed E-state index contributed by atoms with van der Waals surface area (Å²) in [5.41, 5.74) is 6.06. The van der Waals surface area contributed by atoms with E-state index in [2.05, 4.69) is 43.2 Å². The third-order valence-corrected chi connectivity index (χ3v) is 4.15. The molecule has 4 heteroatoms. The first-order valence-corrected chi connectivity index (χ1v) is 8.22. The van der Waals surface area contributed by atoms with Gasteiger partial charge in [0.05, 0.1) is 6.54 Å². The summed E-state index contributed by atoms with van der Waals surface area (Å²) >= 11 is 0. The number of hydrogen-bond donors (Lipinski definition) is 2. The van der Waals surface area contributed by atoms with Crippen molar-refractivity contribution in [2.45, 2.75) is 70.9 Å². The predicted octanol–water partition coefficient (Wildman–Crippen LogP) is 2.59. The Morgan fingerprint density at radius 1 is 1.20 bits per heavy atom. The molecule has 1 saturated carbocycles. The van der Waals surface area contributed by atoms with Crippen molar-refractivity contribution in [3.8, 4) is 0 Å². The van der Waals surface area contributed by atoms with Gasteiger partial charge in [-0.25, -0.2) is 0 Å². The average molecular weight is 282 g/mol. The molecule has 0 saturated heterocycles. The molecule has 0 aromatic carbocycles. The van der Waals surface area contributed by atoms with Crippen LogP contribution < -0.4 is 11.1 Å². The van der Waals surface area contributed by atoms with Crippen LogP contribution in [0.5, 0.6) is 0 Å². The van der Waals surface area contributed by atoms with Crippen molar-refractivity contribution in [2.24, 2.45) is 16.6 Å². The number of aliphatic imine (C=N–C) groups is 1. The topological polar surface area (TPSA) is 53.6 Å². The van der Waals surface area contributed by atoms with Gasteiger partial charge in [-0.15, -0.1) is 0 Å². The maximum atomic E-state index is 6.06. The SMILES string of the molecule is CC(C)CC(CN=C(N)NC1CCCCCC1)N(C)C. The van der Waals surface area contributed by atoms with Gasteiger partial charge in [-0.2, -0.15) is 0 Å². The molecule has 0 amide bonds. The predicted molar refractivity (Wildman–Crippen MR) is 88.0 cm³/mol. The maximum absolute atomic E-state index is 6.06. The van der Waals surface area contributed by atoms with Gasteiger partial charge in [0, 0.05) is 12.1 Å². The lowest BCUT2D eigenvalue weighted by Gasteiger charge is -2.25. The summed E-state index contributed by atoms with van der Waals surface area (Å²) in [5.74, 6) is 1.32. The average Bonchev–Trinajstić information content (AvgIpc) is 2.62. The van der Waals surface area contributed by atoms with E-state index in [1.54, 1.807) is 0 Å². The molecule has 118 valence electrons. The van der Waals surface area contributed by atoms with Gasteiger partial charge >= 0.3 is 0 Å². The molecule has 4 nitrogen and oxygen atoms in total. The van der Waals surface area contributed by atoms with Crippen molar-refractivity contribution < 1.29 is 0 Å². The molecule has 0 heterocycles. The van der Waals surface area contributed by atoms with Crippen molar-refractivity contribution in [3.05, 3.63) is 0 Å². The minimum atomic E-state index is 0.476. The molecule has 0 radical (unpaired) electrons. The number of hydrogen-bond acceptors (Lipinski definition) is 2. The molecular weight excluding hydrogens is 248 g/mol. The van der Waals surface area contributed by atoms with E-state index in [9.17, 15) is 0 Å². The first-order chi connectivity index (χ1) is 9.49. The number of nitrogens with zero attached hydrogens (tertiary/aromatic N) is 2. The van der Waals surface area contributed by atoms with Crippen LogP contribution in [0.1, 0.15) is 58.8 Å². The molecule has 3 N–H and O–H groups in total. The Labute approximate surface area is 125 Å². The van der Waals surface area contributed by atoms with E-state index in [0.717, 1.165) is 13.0 Å². The molecular formula is C16H34N4. The van der Waals surface area contributed by atoms with Gasteiger partial charge in [0.1, 0.15) is 0 Å². The first kappa shape index (κ1) is 17.3. The molecule has 20 heavy (non-hydrogen) atoms. The van der Waals surface area contributed by atoms with Gasteiger partial charge in [-0.3, -0.25) is 4.99 Å². The summed E-state index contributed by atoms with van der Waals surface area (Å²) in [7, 11) is 4.25. The van der Waals surface area contributed by atoms with Crippen LogP contribution in [-0.4, -0.2) is 43.6 Å². The lowest BCUT2D eigenvalue weighted by Crippen LogP contribution is -2.41. The second-order valence-corrected chi connectivity index (χ2v) is 6.81. The zero-order valence-corrected chi connectivity index (χ0v) is 13.9. The Hall–Kier alpha value is -0.770. The lowest BCUT2D eigenvalue weighted by atomic mass is 10.0. The van der Waals surface area contributed by atoms with E-state index in [4.69, 9.17) is 5.73 Å². The zero-order chi connectivity index (χ0) is 15.0. The van der Waals surface area contributed by atoms with E-state index in [-0.39, 0.29) is 0 Å². The van der Waals surface area contributed by atoms with Gasteiger partial charge in [0.2, 0.25) is 0 Å². The third kappa shape index (κ3) is 7.13. The zero-order valence-electron chi connectivity index (χ0n) is 13.9. The lowest BCUT2D eigenvalue weighted by molar-refractivity contribution is 0.261. The van der Waals surface area contributed by atoms with Crippen LogP contribution in [0.4, 0.5) is 0 Å². The van der Waals surface area contributed by atoms with Crippen molar-refractivity contribution in [3.63, 3.8) is 0 Å². The quantitative estimate of drug-likeness (QED) is 0.447. The normalized spacial score (nSPS) is 20.2. The number of nitrogens with one attached hydrogen (secondary N) is 1. The van der Waals surface area contributed by atoms with Gasteiger partial charge in [-0.05, 0) is 39.3 Å². The van der Waals surface area contributed by atoms with Crippen LogP contribution in [0, 0.1) is 5.92 Å². The second kappa shape index (κ2) is 9.22. The third-order valence-electron chi connectivity index (χ3n) is 4.15. The van der Waals surface area contributed by atoms with Gasteiger partial charge < -0.3 is 16.0 Å². The van der Waals surface area contributed by atoms with Crippen LogP contribution >= 0.6 is 0 Å². The summed E-state index contributed by atoms with van der Waals surface area (Å²) in [4.78, 5) is 6.82. The number of likely N-dealkylation sites (N-methyl/N-ethyl adjacent to an activating group) is 1. The van der Waals surface area contributed by atoms with Gasteiger partial charge in [0.25, 0.3) is 0 Å². The highest BCUT2D eigenvalue weighted by Crippen LogP contribution is 2.17. The highest BCUT2D eigenvalue weighted by atomic mass is 15.2. The summed E-state index contributed by atoms with van der Waals surface area (Å²) in [6, 6.07) is 1.01. The highest BCUT2D eigenvalue weighted by Gasteiger charge is 2.14. The number of nitrogens with two attached hydrogens (primary N) is 1. The minimum absolute atomic E-state index is 0.476. The highest BCUT2D eigenvalue weighted by molar-refractivity contribution is 5.78. The Balaban J connectivity index is 2.41. The van der Waals surface area contributed by atoms with Crippen LogP contribution in [0.25, 0.3) is 0 Å². The largest absolute Gasteiger partial charge is 0.370 e. The van der Waals surface area contributed by atoms with Crippen LogP contribution in [0.15, 0.2) is 4.99 Å². The first-order valence-electron chi connectivity index (χ1n) is 8.22. The Morgan fingerprint density at radius 2 is 1.80 bits per heavy atom. The van der Waals surface area contributed by atoms with Crippen molar-refractivity contribution in [1.29, 1.82) is 0 Å². The van der Waals surface area contributed by atoms with Crippen LogP contribution in [0.2, 0.25) is 0 Å². The molecule has 0 bridgehead atoms. The minimum Gasteiger partial charge on any atom is -0.370 e. The van der Waals surface area contributed by atoms with Gasteiger partial charge in [0.15, 0.2) is 5.96 Å². The molecule has 1 aliphatic rings. The van der Waals surface area contributed by atoms with Crippen LogP contribution in [-0.2, 0) is 0 Å². The standard InChI is InChI=1S/C16H34N4/c1-13(2)11-15(20(3)4)12-18-16(17)19-14-9-7-5-6-8-10-14/h13-15H,5-12H2,1-4H3,(H3,17,18,19). The van der Waals surface area contributed by atoms with Crippen LogP contribution in [0.3, 0.4) is 0 Å². The Bertz CT molecular complexity index is 278. The van der Waals surface area contributed by atoms with Gasteiger partial charge in [-0.1, -0.05) is 39.5 Å². The summed E-state index contributed by atoms with van der Waals surface area (Å²) in [6.07, 6.45) is 9.00. The monoisotopic (exact) mass is 282 g/mol. The maximum Gasteiger partial charge on any atom is 0.188 e. The fourth-order valence-electron chi connectivity index (χ4n) is 2.88. The number of rotatable bonds is 6. The second-order valence-electron chi connectivity index (χ2n) is 6.81. The van der Waals surface area contributed by atoms with E-state index < -0.39 is 0 Å². The molecule has 0 aromatic heterocycles. The van der Waals surface area contributed by atoms with E-state index >= 15 is 0 Å². The molecule has 0 spiro atoms. The molecule has 1 unspecified atom stereocenters. The number of guanidine groups is 1. The molecule has 1 atom stereocenters. The van der Waals surface area contributed by atoms with E-state index in [1.165, 1.54) is 38.5 Å². The molecule has 1 aliphatic carbocycles. The fourth-order valence-corrected chi connectivity index (χ4v) is 2.88. The molecule has 1 fully saturated rings. The summed E-state index contributed by atoms with van der Waals surface area (Å²) in [6.45, 7) is 5.30. The Kier molecular flexibility index (Phi) is 7.97. The Morgan fingerprint density at radius 3 is 2.30 bits per heavy atom. The molecule has 0 aromatic rings. The smallest absolute Gasteiger partial charge is 0.188 e. The van der Waals surface area contributed by atoms with Crippen molar-refractivity contribution in [1.82, 2.24) is 10.2 Å². The van der Waals surface area contributed by atoms with E-state index in [1.807, 2.05) is 0 Å². The molecule has 1 rings (SSSR count). The van der Waals surface area contributed by atoms with E-state index in [0.29, 0.717) is 24.0 Å². The summed E-state index contributed by atoms with van der Waals surface area (Å²) < 4.78 is 0.